The minimum atomic E-state index is 0.188. The van der Waals surface area contributed by atoms with Crippen LogP contribution in [0.25, 0.3) is 0 Å². The maximum Gasteiger partial charge on any atom is 0.161 e. The summed E-state index contributed by atoms with van der Waals surface area (Å²) < 4.78 is 8.59. The molecule has 1 aromatic heterocycles. The lowest BCUT2D eigenvalue weighted by Gasteiger charge is -2.20. The molecule has 0 fully saturated rings. The first-order valence-corrected chi connectivity index (χ1v) is 8.06. The first-order valence-electron chi connectivity index (χ1n) is 7.27. The Morgan fingerprint density at radius 2 is 2.00 bits per heavy atom. The molecule has 1 atom stereocenters. The van der Waals surface area contributed by atoms with Crippen LogP contribution in [0.2, 0.25) is 0 Å². The zero-order valence-corrected chi connectivity index (χ0v) is 14.4. The van der Waals surface area contributed by atoms with Gasteiger partial charge in [0.1, 0.15) is 0 Å². The van der Waals surface area contributed by atoms with Gasteiger partial charge in [0, 0.05) is 11.0 Å². The van der Waals surface area contributed by atoms with Gasteiger partial charge in [-0.3, -0.25) is 4.68 Å². The lowest BCUT2D eigenvalue weighted by atomic mass is 10.0. The maximum absolute atomic E-state index is 5.48. The van der Waals surface area contributed by atoms with Gasteiger partial charge in [-0.25, -0.2) is 0 Å². The van der Waals surface area contributed by atoms with Crippen LogP contribution in [-0.4, -0.2) is 23.4 Å². The Labute approximate surface area is 134 Å². The number of likely N-dealkylation sites (N-methyl/N-ethyl adjacent to an activating group) is 1. The molecule has 0 radical (unpaired) electrons. The van der Waals surface area contributed by atoms with E-state index in [9.17, 15) is 0 Å². The number of hydrogen-bond acceptors (Lipinski definition) is 3. The van der Waals surface area contributed by atoms with Gasteiger partial charge in [0.15, 0.2) is 5.75 Å². The third-order valence-corrected chi connectivity index (χ3v) is 4.03. The van der Waals surface area contributed by atoms with Gasteiger partial charge in [0.25, 0.3) is 0 Å². The lowest BCUT2D eigenvalue weighted by Crippen LogP contribution is -2.26. The van der Waals surface area contributed by atoms with Crippen LogP contribution >= 0.6 is 15.9 Å². The average molecular weight is 352 g/mol. The zero-order chi connectivity index (χ0) is 15.2. The van der Waals surface area contributed by atoms with Crippen LogP contribution < -0.4 is 10.1 Å². The summed E-state index contributed by atoms with van der Waals surface area (Å²) in [6.45, 7) is 5.95. The van der Waals surface area contributed by atoms with E-state index in [1.165, 1.54) is 5.56 Å². The number of aromatic nitrogens is 2. The third kappa shape index (κ3) is 3.86. The standard InChI is InChI=1S/C16H22BrN3O/c1-4-18-14(10-12-6-8-13(17)9-7-12)16-15(21-3)11-19-20(16)5-2/h6-9,11,14,18H,4-5,10H2,1-3H3. The molecular formula is C16H22BrN3O. The van der Waals surface area contributed by atoms with Crippen LogP contribution in [0.4, 0.5) is 0 Å². The second kappa shape index (κ2) is 7.61. The fourth-order valence-electron chi connectivity index (χ4n) is 2.51. The number of benzene rings is 1. The summed E-state index contributed by atoms with van der Waals surface area (Å²) in [4.78, 5) is 0. The van der Waals surface area contributed by atoms with E-state index in [0.29, 0.717) is 0 Å². The molecule has 1 aromatic carbocycles. The summed E-state index contributed by atoms with van der Waals surface area (Å²) in [5.74, 6) is 0.847. The molecule has 0 spiro atoms. The Morgan fingerprint density at radius 1 is 1.29 bits per heavy atom. The van der Waals surface area contributed by atoms with Crippen LogP contribution in [0, 0.1) is 0 Å². The van der Waals surface area contributed by atoms with Crippen molar-refractivity contribution in [2.75, 3.05) is 13.7 Å². The molecule has 0 bridgehead atoms. The maximum atomic E-state index is 5.48. The van der Waals surface area contributed by atoms with Gasteiger partial charge < -0.3 is 10.1 Å². The lowest BCUT2D eigenvalue weighted by molar-refractivity contribution is 0.391. The van der Waals surface area contributed by atoms with Crippen LogP contribution in [0.3, 0.4) is 0 Å². The van der Waals surface area contributed by atoms with E-state index in [0.717, 1.165) is 35.4 Å². The van der Waals surface area contributed by atoms with E-state index >= 15 is 0 Å². The topological polar surface area (TPSA) is 39.1 Å². The van der Waals surface area contributed by atoms with Crippen LogP contribution in [-0.2, 0) is 13.0 Å². The van der Waals surface area contributed by atoms with Crippen molar-refractivity contribution < 1.29 is 4.74 Å². The number of nitrogens with one attached hydrogen (secondary N) is 1. The predicted octanol–water partition coefficient (Wildman–Crippen LogP) is 3.57. The molecule has 114 valence electrons. The van der Waals surface area contributed by atoms with Crippen molar-refractivity contribution in [2.24, 2.45) is 0 Å². The fraction of sp³-hybridized carbons (Fsp3) is 0.438. The van der Waals surface area contributed by atoms with Crippen molar-refractivity contribution in [3.63, 3.8) is 0 Å². The van der Waals surface area contributed by atoms with Gasteiger partial charge in [-0.1, -0.05) is 35.0 Å². The molecule has 0 saturated heterocycles. The highest BCUT2D eigenvalue weighted by atomic mass is 79.9. The molecular weight excluding hydrogens is 330 g/mol. The minimum absolute atomic E-state index is 0.188. The summed E-state index contributed by atoms with van der Waals surface area (Å²) in [5.41, 5.74) is 2.40. The molecule has 1 unspecified atom stereocenters. The number of aryl methyl sites for hydroxylation is 1. The Balaban J connectivity index is 2.30. The van der Waals surface area contributed by atoms with E-state index < -0.39 is 0 Å². The largest absolute Gasteiger partial charge is 0.493 e. The monoisotopic (exact) mass is 351 g/mol. The van der Waals surface area contributed by atoms with Crippen LogP contribution in [0.5, 0.6) is 5.75 Å². The van der Waals surface area contributed by atoms with Gasteiger partial charge in [0.2, 0.25) is 0 Å². The Hall–Kier alpha value is -1.33. The van der Waals surface area contributed by atoms with Crippen LogP contribution in [0.15, 0.2) is 34.9 Å². The smallest absolute Gasteiger partial charge is 0.161 e. The number of rotatable bonds is 7. The van der Waals surface area contributed by atoms with E-state index in [-0.39, 0.29) is 6.04 Å². The highest BCUT2D eigenvalue weighted by Gasteiger charge is 2.21. The molecule has 2 rings (SSSR count). The number of nitrogens with zero attached hydrogens (tertiary/aromatic N) is 2. The molecule has 1 N–H and O–H groups in total. The van der Waals surface area contributed by atoms with Gasteiger partial charge >= 0.3 is 0 Å². The molecule has 4 nitrogen and oxygen atoms in total. The number of halogens is 1. The Bertz CT molecular complexity index is 544. The van der Waals surface area contributed by atoms with Crippen molar-refractivity contribution in [2.45, 2.75) is 32.9 Å². The second-order valence-corrected chi connectivity index (χ2v) is 5.77. The van der Waals surface area contributed by atoms with Gasteiger partial charge in [0.05, 0.1) is 25.0 Å². The van der Waals surface area contributed by atoms with E-state index in [2.05, 4.69) is 64.5 Å². The van der Waals surface area contributed by atoms with E-state index in [4.69, 9.17) is 4.74 Å². The molecule has 0 saturated carbocycles. The molecule has 1 heterocycles. The summed E-state index contributed by atoms with van der Waals surface area (Å²) in [6, 6.07) is 8.63. The Morgan fingerprint density at radius 3 is 2.57 bits per heavy atom. The number of methoxy groups -OCH3 is 1. The number of ether oxygens (including phenoxy) is 1. The molecule has 21 heavy (non-hydrogen) atoms. The third-order valence-electron chi connectivity index (χ3n) is 3.50. The van der Waals surface area contributed by atoms with E-state index in [1.807, 2.05) is 4.68 Å². The van der Waals surface area contributed by atoms with Crippen molar-refractivity contribution >= 4 is 15.9 Å². The SMILES string of the molecule is CCNC(Cc1ccc(Br)cc1)c1c(OC)cnn1CC. The Kier molecular flexibility index (Phi) is 5.82. The number of hydrogen-bond donors (Lipinski definition) is 1. The minimum Gasteiger partial charge on any atom is -0.493 e. The van der Waals surface area contributed by atoms with Crippen molar-refractivity contribution in [3.05, 3.63) is 46.2 Å². The summed E-state index contributed by atoms with van der Waals surface area (Å²) >= 11 is 3.48. The normalized spacial score (nSPS) is 12.4. The summed E-state index contributed by atoms with van der Waals surface area (Å²) in [7, 11) is 1.70. The van der Waals surface area contributed by atoms with E-state index in [1.54, 1.807) is 13.3 Å². The predicted molar refractivity (Wildman–Crippen MR) is 88.7 cm³/mol. The first kappa shape index (κ1) is 16.0. The molecule has 0 aliphatic heterocycles. The first-order chi connectivity index (χ1) is 10.2. The van der Waals surface area contributed by atoms with Crippen molar-refractivity contribution in [1.29, 1.82) is 0 Å². The molecule has 0 amide bonds. The average Bonchev–Trinajstić information content (AvgIpc) is 2.92. The van der Waals surface area contributed by atoms with Crippen LogP contribution in [0.1, 0.15) is 31.1 Å². The quantitative estimate of drug-likeness (QED) is 0.828. The molecule has 0 aliphatic carbocycles. The van der Waals surface area contributed by atoms with Gasteiger partial charge in [-0.15, -0.1) is 0 Å². The zero-order valence-electron chi connectivity index (χ0n) is 12.8. The highest BCUT2D eigenvalue weighted by Crippen LogP contribution is 2.28. The van der Waals surface area contributed by atoms with Crippen molar-refractivity contribution in [1.82, 2.24) is 15.1 Å². The summed E-state index contributed by atoms with van der Waals surface area (Å²) in [6.07, 6.45) is 2.70. The molecule has 2 aromatic rings. The second-order valence-electron chi connectivity index (χ2n) is 4.85. The van der Waals surface area contributed by atoms with Gasteiger partial charge in [-0.2, -0.15) is 5.10 Å². The fourth-order valence-corrected chi connectivity index (χ4v) is 2.77. The van der Waals surface area contributed by atoms with Gasteiger partial charge in [-0.05, 0) is 37.6 Å². The van der Waals surface area contributed by atoms with Crippen molar-refractivity contribution in [3.8, 4) is 5.75 Å². The summed E-state index contributed by atoms with van der Waals surface area (Å²) in [5, 5.41) is 7.95. The molecule has 5 heteroatoms. The highest BCUT2D eigenvalue weighted by molar-refractivity contribution is 9.10. The molecule has 0 aliphatic rings.